The zero-order chi connectivity index (χ0) is 15.1. The van der Waals surface area contributed by atoms with Crippen LogP contribution in [0.15, 0.2) is 34.8 Å². The Hall–Kier alpha value is -1.59. The number of halogens is 3. The third-order valence-electron chi connectivity index (χ3n) is 3.27. The summed E-state index contributed by atoms with van der Waals surface area (Å²) in [6.45, 7) is 2.01. The summed E-state index contributed by atoms with van der Waals surface area (Å²) in [7, 11) is 0. The van der Waals surface area contributed by atoms with Gasteiger partial charge >= 0.3 is 0 Å². The first kappa shape index (κ1) is 14.4. The van der Waals surface area contributed by atoms with E-state index in [0.29, 0.717) is 27.3 Å². The number of hydrogen-bond donors (Lipinski definition) is 1. The van der Waals surface area contributed by atoms with Crippen LogP contribution < -0.4 is 5.73 Å². The van der Waals surface area contributed by atoms with Gasteiger partial charge in [0.05, 0.1) is 21.7 Å². The van der Waals surface area contributed by atoms with E-state index in [1.165, 1.54) is 12.1 Å². The number of nitrogens with zero attached hydrogens (tertiary/aromatic N) is 2. The Morgan fingerprint density at radius 3 is 2.76 bits per heavy atom. The minimum absolute atomic E-state index is 0.327. The summed E-state index contributed by atoms with van der Waals surface area (Å²) in [5, 5.41) is 0.327. The van der Waals surface area contributed by atoms with Gasteiger partial charge < -0.3 is 5.73 Å². The average Bonchev–Trinajstić information content (AvgIpc) is 2.75. The Morgan fingerprint density at radius 1 is 1.33 bits per heavy atom. The van der Waals surface area contributed by atoms with Gasteiger partial charge in [0.1, 0.15) is 11.6 Å². The van der Waals surface area contributed by atoms with Gasteiger partial charge in [-0.1, -0.05) is 18.5 Å². The monoisotopic (exact) mass is 367 g/mol. The normalized spacial score (nSPS) is 11.2. The van der Waals surface area contributed by atoms with Crippen LogP contribution in [0.4, 0.5) is 10.1 Å². The summed E-state index contributed by atoms with van der Waals surface area (Å²) in [5.41, 5.74) is 8.82. The van der Waals surface area contributed by atoms with Crippen LogP contribution in [0.2, 0.25) is 5.02 Å². The van der Waals surface area contributed by atoms with Crippen LogP contribution in [0, 0.1) is 5.82 Å². The van der Waals surface area contributed by atoms with Gasteiger partial charge in [-0.25, -0.2) is 9.37 Å². The second-order valence-electron chi connectivity index (χ2n) is 4.68. The van der Waals surface area contributed by atoms with Crippen LogP contribution >= 0.6 is 27.5 Å². The van der Waals surface area contributed by atoms with E-state index in [1.54, 1.807) is 0 Å². The molecule has 0 bridgehead atoms. The number of aromatic nitrogens is 2. The maximum atomic E-state index is 13.4. The lowest BCUT2D eigenvalue weighted by Crippen LogP contribution is -2.02. The molecule has 3 aromatic rings. The number of fused-ring (bicyclic) bond motifs is 1. The van der Waals surface area contributed by atoms with E-state index in [9.17, 15) is 4.39 Å². The molecule has 0 amide bonds. The molecule has 0 spiro atoms. The van der Waals surface area contributed by atoms with Gasteiger partial charge in [0.2, 0.25) is 0 Å². The SMILES string of the molecule is CCc1nc2cc(N)ccc2n1-c1c(Cl)cc(F)cc1Br. The molecule has 0 saturated heterocycles. The molecule has 0 aliphatic heterocycles. The van der Waals surface area contributed by atoms with Crippen molar-refractivity contribution >= 4 is 44.3 Å². The highest BCUT2D eigenvalue weighted by Gasteiger charge is 2.17. The van der Waals surface area contributed by atoms with Gasteiger partial charge in [-0.2, -0.15) is 0 Å². The van der Waals surface area contributed by atoms with Crippen LogP contribution in [0.1, 0.15) is 12.7 Å². The van der Waals surface area contributed by atoms with Crippen LogP contribution in [0.3, 0.4) is 0 Å². The smallest absolute Gasteiger partial charge is 0.125 e. The highest BCUT2D eigenvalue weighted by molar-refractivity contribution is 9.10. The Morgan fingerprint density at radius 2 is 2.10 bits per heavy atom. The summed E-state index contributed by atoms with van der Waals surface area (Å²) in [6, 6.07) is 8.21. The van der Waals surface area contributed by atoms with Crippen molar-refractivity contribution in [2.75, 3.05) is 5.73 Å². The fourth-order valence-corrected chi connectivity index (χ4v) is 3.40. The third kappa shape index (κ3) is 2.40. The van der Waals surface area contributed by atoms with Crippen molar-refractivity contribution in [2.24, 2.45) is 0 Å². The molecular weight excluding hydrogens is 357 g/mol. The first-order valence-electron chi connectivity index (χ1n) is 6.43. The molecule has 6 heteroatoms. The molecule has 108 valence electrons. The number of nitrogen functional groups attached to an aromatic ring is 1. The maximum absolute atomic E-state index is 13.4. The van der Waals surface area contributed by atoms with E-state index >= 15 is 0 Å². The van der Waals surface area contributed by atoms with E-state index < -0.39 is 0 Å². The minimum Gasteiger partial charge on any atom is -0.399 e. The second-order valence-corrected chi connectivity index (χ2v) is 5.94. The Kier molecular flexibility index (Phi) is 3.63. The first-order chi connectivity index (χ1) is 10.0. The topological polar surface area (TPSA) is 43.8 Å². The molecule has 0 unspecified atom stereocenters. The largest absolute Gasteiger partial charge is 0.399 e. The molecule has 0 atom stereocenters. The number of imidazole rings is 1. The predicted molar refractivity (Wildman–Crippen MR) is 87.5 cm³/mol. The molecule has 1 aromatic heterocycles. The lowest BCUT2D eigenvalue weighted by molar-refractivity contribution is 0.626. The average molecular weight is 369 g/mol. The van der Waals surface area contributed by atoms with E-state index in [4.69, 9.17) is 17.3 Å². The van der Waals surface area contributed by atoms with Crippen LogP contribution in [0.25, 0.3) is 16.7 Å². The third-order valence-corrected chi connectivity index (χ3v) is 4.16. The Balaban J connectivity index is 2.39. The zero-order valence-electron chi connectivity index (χ0n) is 11.2. The fourth-order valence-electron chi connectivity index (χ4n) is 2.38. The van der Waals surface area contributed by atoms with Crippen molar-refractivity contribution in [3.05, 3.63) is 51.5 Å². The molecule has 0 saturated carbocycles. The van der Waals surface area contributed by atoms with Gasteiger partial charge in [-0.3, -0.25) is 4.57 Å². The lowest BCUT2D eigenvalue weighted by Gasteiger charge is -2.12. The minimum atomic E-state index is -0.387. The van der Waals surface area contributed by atoms with Crippen molar-refractivity contribution < 1.29 is 4.39 Å². The zero-order valence-corrected chi connectivity index (χ0v) is 13.5. The molecule has 0 fully saturated rings. The van der Waals surface area contributed by atoms with Crippen LogP contribution in [-0.4, -0.2) is 9.55 Å². The number of nitrogens with two attached hydrogens (primary N) is 1. The summed E-state index contributed by atoms with van der Waals surface area (Å²) in [4.78, 5) is 4.58. The number of rotatable bonds is 2. The predicted octanol–water partition coefficient (Wildman–Crippen LogP) is 4.73. The molecule has 2 aromatic carbocycles. The van der Waals surface area contributed by atoms with Crippen molar-refractivity contribution in [3.8, 4) is 5.69 Å². The molecule has 3 nitrogen and oxygen atoms in total. The standard InChI is InChI=1S/C15H12BrClFN3/c1-2-14-20-12-7-9(19)3-4-13(12)21(14)15-10(16)5-8(18)6-11(15)17/h3-7H,2,19H2,1H3. The van der Waals surface area contributed by atoms with Crippen molar-refractivity contribution in [1.82, 2.24) is 9.55 Å². The van der Waals surface area contributed by atoms with E-state index in [2.05, 4.69) is 20.9 Å². The highest BCUT2D eigenvalue weighted by atomic mass is 79.9. The van der Waals surface area contributed by atoms with Gasteiger partial charge in [-0.15, -0.1) is 0 Å². The van der Waals surface area contributed by atoms with Gasteiger partial charge in [0.15, 0.2) is 0 Å². The molecule has 0 aliphatic rings. The first-order valence-corrected chi connectivity index (χ1v) is 7.60. The summed E-state index contributed by atoms with van der Waals surface area (Å²) >= 11 is 9.63. The molecule has 3 rings (SSSR count). The van der Waals surface area contributed by atoms with E-state index in [1.807, 2.05) is 29.7 Å². The molecule has 21 heavy (non-hydrogen) atoms. The highest BCUT2D eigenvalue weighted by Crippen LogP contribution is 2.34. The maximum Gasteiger partial charge on any atom is 0.125 e. The number of hydrogen-bond acceptors (Lipinski definition) is 2. The summed E-state index contributed by atoms with van der Waals surface area (Å²) in [6.07, 6.45) is 0.717. The Bertz CT molecular complexity index is 821. The molecule has 1 heterocycles. The van der Waals surface area contributed by atoms with Gasteiger partial charge in [0.25, 0.3) is 0 Å². The summed E-state index contributed by atoms with van der Waals surface area (Å²) in [5.74, 6) is 0.451. The van der Waals surface area contributed by atoms with E-state index in [0.717, 1.165) is 16.9 Å². The van der Waals surface area contributed by atoms with Crippen molar-refractivity contribution in [1.29, 1.82) is 0 Å². The number of aryl methyl sites for hydroxylation is 1. The second kappa shape index (κ2) is 5.31. The van der Waals surface area contributed by atoms with Crippen molar-refractivity contribution in [3.63, 3.8) is 0 Å². The van der Waals surface area contributed by atoms with E-state index in [-0.39, 0.29) is 5.82 Å². The number of benzene rings is 2. The molecule has 2 N–H and O–H groups in total. The number of anilines is 1. The van der Waals surface area contributed by atoms with Gasteiger partial charge in [-0.05, 0) is 46.3 Å². The van der Waals surface area contributed by atoms with Crippen LogP contribution in [-0.2, 0) is 6.42 Å². The molecule has 0 radical (unpaired) electrons. The molecular formula is C15H12BrClFN3. The molecule has 0 aliphatic carbocycles. The fraction of sp³-hybridized carbons (Fsp3) is 0.133. The van der Waals surface area contributed by atoms with Gasteiger partial charge in [0, 0.05) is 16.6 Å². The summed E-state index contributed by atoms with van der Waals surface area (Å²) < 4.78 is 16.0. The Labute approximate surface area is 134 Å². The van der Waals surface area contributed by atoms with Crippen LogP contribution in [0.5, 0.6) is 0 Å². The quantitative estimate of drug-likeness (QED) is 0.665. The van der Waals surface area contributed by atoms with Crippen molar-refractivity contribution in [2.45, 2.75) is 13.3 Å². The lowest BCUT2D eigenvalue weighted by atomic mass is 10.2.